The number of rotatable bonds is 6. The number of carbonyl (C=O) groups excluding carboxylic acids is 1. The fourth-order valence-electron chi connectivity index (χ4n) is 4.77. The van der Waals surface area contributed by atoms with Crippen LogP contribution in [0.25, 0.3) is 0 Å². The lowest BCUT2D eigenvalue weighted by molar-refractivity contribution is 0.0596. The van der Waals surface area contributed by atoms with Crippen molar-refractivity contribution < 1.29 is 22.7 Å². The van der Waals surface area contributed by atoms with Crippen molar-refractivity contribution in [2.45, 2.75) is 33.5 Å². The average Bonchev–Trinajstić information content (AvgIpc) is 3.21. The van der Waals surface area contributed by atoms with E-state index in [1.54, 1.807) is 18.2 Å². The molecule has 9 heteroatoms. The van der Waals surface area contributed by atoms with Gasteiger partial charge in [-0.2, -0.15) is 0 Å². The van der Waals surface area contributed by atoms with Crippen molar-refractivity contribution in [1.82, 2.24) is 5.32 Å². The summed E-state index contributed by atoms with van der Waals surface area (Å²) in [5.74, 6) is 0.520. The van der Waals surface area contributed by atoms with Crippen molar-refractivity contribution in [2.24, 2.45) is 5.92 Å². The van der Waals surface area contributed by atoms with Crippen LogP contribution in [0.15, 0.2) is 41.3 Å². The number of halogens is 1. The van der Waals surface area contributed by atoms with Crippen LogP contribution in [0.3, 0.4) is 0 Å². The molecule has 7 nitrogen and oxygen atoms in total. The Hall–Kier alpha value is -1.85. The van der Waals surface area contributed by atoms with Gasteiger partial charge in [0.2, 0.25) is 0 Å². The molecular weight excluding hydrogens is 543 g/mol. The molecule has 0 bridgehead atoms. The lowest BCUT2D eigenvalue weighted by Crippen LogP contribution is -2.24. The van der Waals surface area contributed by atoms with Gasteiger partial charge < -0.3 is 14.8 Å². The van der Waals surface area contributed by atoms with Gasteiger partial charge in [-0.05, 0) is 61.5 Å². The summed E-state index contributed by atoms with van der Waals surface area (Å²) in [5.41, 5.74) is 2.02. The second-order valence-corrected chi connectivity index (χ2v) is 12.6. The zero-order valence-corrected chi connectivity index (χ0v) is 20.7. The van der Waals surface area contributed by atoms with Gasteiger partial charge in [0.05, 0.1) is 21.1 Å². The number of esters is 1. The first-order valence-electron chi connectivity index (χ1n) is 10.7. The number of methoxy groups -OCH3 is 1. The van der Waals surface area contributed by atoms with Crippen LogP contribution in [0.1, 0.15) is 40.2 Å². The molecule has 2 aromatic rings. The van der Waals surface area contributed by atoms with E-state index in [1.807, 2.05) is 18.2 Å². The molecule has 3 atom stereocenters. The maximum Gasteiger partial charge on any atom is 0.343 e. The summed E-state index contributed by atoms with van der Waals surface area (Å²) >= 11 is 2.41. The Morgan fingerprint density at radius 3 is 2.88 bits per heavy atom. The summed E-state index contributed by atoms with van der Waals surface area (Å²) in [6.45, 7) is 2.33. The van der Waals surface area contributed by atoms with Gasteiger partial charge >= 0.3 is 5.97 Å². The van der Waals surface area contributed by atoms with Crippen LogP contribution in [0.4, 0.5) is 5.69 Å². The van der Waals surface area contributed by atoms with Crippen molar-refractivity contribution in [3.63, 3.8) is 0 Å². The third-order valence-electron chi connectivity index (χ3n) is 6.59. The first kappa shape index (κ1) is 22.0. The van der Waals surface area contributed by atoms with Crippen LogP contribution in [-0.4, -0.2) is 44.6 Å². The minimum Gasteiger partial charge on any atom is -0.491 e. The molecular formula is C23H25IN2O5S. The first-order chi connectivity index (χ1) is 15.3. The minimum absolute atomic E-state index is 0.0627. The third-order valence-corrected chi connectivity index (χ3v) is 9.56. The number of carbonyl (C=O) groups is 1. The van der Waals surface area contributed by atoms with Gasteiger partial charge in [-0.1, -0.05) is 46.9 Å². The zero-order chi connectivity index (χ0) is 22.5. The number of anilines is 1. The third kappa shape index (κ3) is 3.88. The van der Waals surface area contributed by atoms with E-state index in [0.29, 0.717) is 30.6 Å². The van der Waals surface area contributed by atoms with Gasteiger partial charge in [0, 0.05) is 5.92 Å². The van der Waals surface area contributed by atoms with Gasteiger partial charge in [0.25, 0.3) is 10.0 Å². The van der Waals surface area contributed by atoms with E-state index < -0.39 is 16.0 Å². The number of hydrogen-bond donors (Lipinski definition) is 2. The molecule has 1 saturated carbocycles. The van der Waals surface area contributed by atoms with E-state index in [9.17, 15) is 13.2 Å². The second-order valence-electron chi connectivity index (χ2n) is 8.75. The molecule has 2 fully saturated rings. The monoisotopic (exact) mass is 568 g/mol. The topological polar surface area (TPSA) is 93.7 Å². The Morgan fingerprint density at radius 2 is 2.12 bits per heavy atom. The number of sulfonamides is 1. The van der Waals surface area contributed by atoms with E-state index >= 15 is 0 Å². The van der Waals surface area contributed by atoms with Gasteiger partial charge in [-0.25, -0.2) is 13.2 Å². The lowest BCUT2D eigenvalue weighted by Gasteiger charge is -2.24. The molecule has 0 aromatic heterocycles. The highest BCUT2D eigenvalue weighted by Crippen LogP contribution is 2.63. The largest absolute Gasteiger partial charge is 0.491 e. The number of nitrogens with one attached hydrogen (secondary N) is 2. The maximum absolute atomic E-state index is 13.4. The van der Waals surface area contributed by atoms with Gasteiger partial charge in [0.15, 0.2) is 0 Å². The predicted octanol–water partition coefficient (Wildman–Crippen LogP) is 3.48. The van der Waals surface area contributed by atoms with Gasteiger partial charge in [0.1, 0.15) is 17.9 Å². The maximum atomic E-state index is 13.4. The predicted molar refractivity (Wildman–Crippen MR) is 129 cm³/mol. The van der Waals surface area contributed by atoms with Crippen molar-refractivity contribution in [3.8, 4) is 5.75 Å². The molecule has 1 saturated heterocycles. The Labute approximate surface area is 201 Å². The molecule has 1 aliphatic carbocycles. The van der Waals surface area contributed by atoms with Crippen LogP contribution >= 0.6 is 22.6 Å². The fourth-order valence-corrected chi connectivity index (χ4v) is 7.03. The summed E-state index contributed by atoms with van der Waals surface area (Å²) in [6.07, 6.45) is 2.69. The molecule has 2 aromatic carbocycles. The van der Waals surface area contributed by atoms with Crippen LogP contribution in [-0.2, 0) is 21.2 Å². The summed E-state index contributed by atoms with van der Waals surface area (Å²) in [7, 11) is -2.64. The fraction of sp³-hybridized carbons (Fsp3) is 0.435. The molecule has 5 rings (SSSR count). The average molecular weight is 568 g/mol. The molecule has 0 radical (unpaired) electrons. The molecule has 170 valence electrons. The van der Waals surface area contributed by atoms with Crippen molar-refractivity contribution in [3.05, 3.63) is 53.1 Å². The molecule has 2 heterocycles. The van der Waals surface area contributed by atoms with E-state index in [-0.39, 0.29) is 19.6 Å². The highest BCUT2D eigenvalue weighted by atomic mass is 127. The molecule has 2 aliphatic heterocycles. The molecule has 3 aliphatic rings. The Kier molecular flexibility index (Phi) is 5.61. The van der Waals surface area contributed by atoms with Gasteiger partial charge in [-0.15, -0.1) is 0 Å². The normalized spacial score (nSPS) is 25.9. The van der Waals surface area contributed by atoms with Crippen LogP contribution < -0.4 is 14.8 Å². The van der Waals surface area contributed by atoms with Crippen molar-refractivity contribution in [1.29, 1.82) is 0 Å². The molecule has 0 unspecified atom stereocenters. The highest BCUT2D eigenvalue weighted by Gasteiger charge is 2.57. The summed E-state index contributed by atoms with van der Waals surface area (Å²) in [5, 5.41) is 3.32. The van der Waals surface area contributed by atoms with Crippen molar-refractivity contribution >= 4 is 44.3 Å². The number of alkyl halides is 1. The smallest absolute Gasteiger partial charge is 0.343 e. The Morgan fingerprint density at radius 1 is 1.31 bits per heavy atom. The minimum atomic E-state index is -3.93. The van der Waals surface area contributed by atoms with Crippen LogP contribution in [0.2, 0.25) is 0 Å². The van der Waals surface area contributed by atoms with Gasteiger partial charge in [-0.3, -0.25) is 4.72 Å². The van der Waals surface area contributed by atoms with E-state index in [4.69, 9.17) is 9.47 Å². The lowest BCUT2D eigenvalue weighted by atomic mass is 9.99. The SMILES string of the molecule is COC(=O)c1c(NS(=O)(=O)c2ccccc2C[C@@H]2CCNC2)ccc2c1OC[C@]1(I)C[C@H]21. The number of benzene rings is 2. The summed E-state index contributed by atoms with van der Waals surface area (Å²) in [6, 6.07) is 10.6. The zero-order valence-electron chi connectivity index (χ0n) is 17.7. The molecule has 0 spiro atoms. The quantitative estimate of drug-likeness (QED) is 0.315. The molecule has 2 N–H and O–H groups in total. The summed E-state index contributed by atoms with van der Waals surface area (Å²) < 4.78 is 40.5. The van der Waals surface area contributed by atoms with Crippen LogP contribution in [0, 0.1) is 5.92 Å². The number of fused-ring (bicyclic) bond motifs is 3. The molecule has 0 amide bonds. The molecule has 32 heavy (non-hydrogen) atoms. The summed E-state index contributed by atoms with van der Waals surface area (Å²) in [4.78, 5) is 12.9. The van der Waals surface area contributed by atoms with E-state index in [0.717, 1.165) is 37.1 Å². The van der Waals surface area contributed by atoms with E-state index in [1.165, 1.54) is 7.11 Å². The number of hydrogen-bond acceptors (Lipinski definition) is 6. The number of ether oxygens (including phenoxy) is 2. The highest BCUT2D eigenvalue weighted by molar-refractivity contribution is 14.1. The standard InChI is InChI=1S/C23H25IN2O5S/c1-30-22(27)20-18(7-6-16-17-11-23(17,24)13-31-21(16)20)26-32(28,29)19-5-3-2-4-15(19)10-14-8-9-25-12-14/h2-7,14,17,25-26H,8-13H2,1H3/t14-,17+,23+/m0/s1. The van der Waals surface area contributed by atoms with Crippen molar-refractivity contribution in [2.75, 3.05) is 31.5 Å². The Balaban J connectivity index is 1.51. The van der Waals surface area contributed by atoms with Crippen LogP contribution in [0.5, 0.6) is 5.75 Å². The second kappa shape index (κ2) is 8.18. The first-order valence-corrected chi connectivity index (χ1v) is 13.3. The Bertz CT molecular complexity index is 1180. The van der Waals surface area contributed by atoms with E-state index in [2.05, 4.69) is 32.6 Å².